The summed E-state index contributed by atoms with van der Waals surface area (Å²) in [4.78, 5) is 0. The van der Waals surface area contributed by atoms with Crippen LogP contribution in [0, 0.1) is 34.0 Å². The van der Waals surface area contributed by atoms with Gasteiger partial charge in [0.2, 0.25) is 0 Å². The van der Waals surface area contributed by atoms with Crippen LogP contribution in [0.25, 0.3) is 38.6 Å². The van der Waals surface area contributed by atoms with E-state index in [1.807, 2.05) is 84.9 Å². The van der Waals surface area contributed by atoms with Gasteiger partial charge < -0.3 is 4.57 Å². The Hall–Kier alpha value is -6.97. The number of benzene rings is 7. The van der Waals surface area contributed by atoms with E-state index < -0.39 is 8.07 Å². The molecule has 0 spiro atoms. The van der Waals surface area contributed by atoms with Gasteiger partial charge in [-0.25, -0.2) is 0 Å². The lowest BCUT2D eigenvalue weighted by Crippen LogP contribution is -2.74. The number of hydrogen-bond donors (Lipinski definition) is 0. The average molecular weight is 653 g/mol. The lowest BCUT2D eigenvalue weighted by molar-refractivity contribution is 1.17. The topological polar surface area (TPSA) is 76.3 Å². The molecular weight excluding hydrogens is 625 g/mol. The molecule has 8 aromatic rings. The van der Waals surface area contributed by atoms with Gasteiger partial charge in [0.1, 0.15) is 6.07 Å². The molecule has 0 saturated carbocycles. The van der Waals surface area contributed by atoms with Crippen molar-refractivity contribution >= 4 is 50.6 Å². The molecule has 0 aliphatic carbocycles. The van der Waals surface area contributed by atoms with Gasteiger partial charge in [0.25, 0.3) is 0 Å². The quantitative estimate of drug-likeness (QED) is 0.138. The molecule has 232 valence electrons. The molecule has 7 aromatic carbocycles. The highest BCUT2D eigenvalue weighted by molar-refractivity contribution is 7.19. The summed E-state index contributed by atoms with van der Waals surface area (Å²) in [6.45, 7) is 0. The third kappa shape index (κ3) is 4.80. The Morgan fingerprint density at radius 3 is 1.60 bits per heavy atom. The van der Waals surface area contributed by atoms with Crippen LogP contribution in [0.5, 0.6) is 0 Å². The standard InChI is InChI=1S/C45H28N4Si/c46-29-32-20-24-45-42(26-32)41-18-10-11-19-44(41)49(45)43-25-21-33(27-35(43)31-48)40-23-22-39(28-34(40)30-47)50(36-12-4-1-5-13-36,37-14-6-2-7-15-37)38-16-8-3-9-17-38/h1-28H. The normalized spacial score (nSPS) is 11.1. The maximum absolute atomic E-state index is 10.7. The van der Waals surface area contributed by atoms with Crippen LogP contribution >= 0.6 is 0 Å². The molecule has 0 unspecified atom stereocenters. The molecule has 0 atom stereocenters. The first kappa shape index (κ1) is 30.4. The number of nitriles is 3. The fourth-order valence-corrected chi connectivity index (χ4v) is 12.2. The van der Waals surface area contributed by atoms with Gasteiger partial charge >= 0.3 is 0 Å². The first-order valence-electron chi connectivity index (χ1n) is 16.4. The van der Waals surface area contributed by atoms with Crippen LogP contribution in [0.15, 0.2) is 170 Å². The highest BCUT2D eigenvalue weighted by atomic mass is 28.3. The molecule has 1 heterocycles. The number of hydrogen-bond acceptors (Lipinski definition) is 3. The minimum Gasteiger partial charge on any atom is -0.308 e. The zero-order valence-corrected chi connectivity index (χ0v) is 28.0. The zero-order valence-electron chi connectivity index (χ0n) is 27.0. The van der Waals surface area contributed by atoms with E-state index in [2.05, 4.69) is 108 Å². The van der Waals surface area contributed by atoms with Gasteiger partial charge in [-0.2, -0.15) is 15.8 Å². The lowest BCUT2D eigenvalue weighted by atomic mass is 9.98. The van der Waals surface area contributed by atoms with Crippen molar-refractivity contribution in [1.29, 1.82) is 15.8 Å². The van der Waals surface area contributed by atoms with Crippen molar-refractivity contribution in [1.82, 2.24) is 4.57 Å². The van der Waals surface area contributed by atoms with Crippen LogP contribution in [0.3, 0.4) is 0 Å². The van der Waals surface area contributed by atoms with Crippen LogP contribution < -0.4 is 20.7 Å². The van der Waals surface area contributed by atoms with Gasteiger partial charge in [-0.05, 0) is 74.3 Å². The minimum absolute atomic E-state index is 0.490. The van der Waals surface area contributed by atoms with Crippen molar-refractivity contribution in [3.8, 4) is 35.0 Å². The molecule has 1 aromatic heterocycles. The van der Waals surface area contributed by atoms with E-state index >= 15 is 0 Å². The molecule has 0 aliphatic rings. The molecule has 0 bridgehead atoms. The fourth-order valence-electron chi connectivity index (χ4n) is 7.48. The maximum atomic E-state index is 10.7. The van der Waals surface area contributed by atoms with Gasteiger partial charge in [0, 0.05) is 10.8 Å². The smallest absolute Gasteiger partial charge is 0.179 e. The molecule has 0 N–H and O–H groups in total. The molecule has 8 rings (SSSR count). The van der Waals surface area contributed by atoms with Gasteiger partial charge in [-0.15, -0.1) is 0 Å². The van der Waals surface area contributed by atoms with E-state index in [9.17, 15) is 15.8 Å². The second-order valence-corrected chi connectivity index (χ2v) is 16.1. The number of nitrogens with zero attached hydrogens (tertiary/aromatic N) is 4. The second-order valence-electron chi connectivity index (χ2n) is 12.3. The summed E-state index contributed by atoms with van der Waals surface area (Å²) >= 11 is 0. The van der Waals surface area contributed by atoms with Crippen LogP contribution in [-0.2, 0) is 0 Å². The Labute approximate surface area is 291 Å². The molecule has 0 radical (unpaired) electrons. The van der Waals surface area contributed by atoms with Crippen molar-refractivity contribution in [2.45, 2.75) is 0 Å². The third-order valence-corrected chi connectivity index (χ3v) is 14.4. The molecule has 50 heavy (non-hydrogen) atoms. The summed E-state index contributed by atoms with van der Waals surface area (Å²) in [5.41, 5.74) is 5.82. The maximum Gasteiger partial charge on any atom is 0.179 e. The monoisotopic (exact) mass is 652 g/mol. The minimum atomic E-state index is -2.82. The van der Waals surface area contributed by atoms with Gasteiger partial charge in [-0.1, -0.05) is 127 Å². The lowest BCUT2D eigenvalue weighted by Gasteiger charge is -2.34. The van der Waals surface area contributed by atoms with Crippen molar-refractivity contribution in [2.24, 2.45) is 0 Å². The second kappa shape index (κ2) is 12.6. The van der Waals surface area contributed by atoms with Crippen LogP contribution in [0.4, 0.5) is 0 Å². The van der Waals surface area contributed by atoms with Gasteiger partial charge in [-0.3, -0.25) is 0 Å². The summed E-state index contributed by atoms with van der Waals surface area (Å²) in [7, 11) is -2.82. The molecule has 5 heteroatoms. The molecule has 0 saturated heterocycles. The average Bonchev–Trinajstić information content (AvgIpc) is 3.52. The van der Waals surface area contributed by atoms with Crippen LogP contribution in [0.2, 0.25) is 0 Å². The SMILES string of the molecule is N#Cc1ccc2c(c1)c1ccccc1n2-c1ccc(-c2ccc([Si](c3ccccc3)(c3ccccc3)c3ccccc3)cc2C#N)cc1C#N. The van der Waals surface area contributed by atoms with Crippen LogP contribution in [-0.4, -0.2) is 12.6 Å². The Morgan fingerprint density at radius 1 is 0.420 bits per heavy atom. The Bertz CT molecular complexity index is 2580. The van der Waals surface area contributed by atoms with Crippen molar-refractivity contribution in [3.63, 3.8) is 0 Å². The molecule has 0 aliphatic heterocycles. The fraction of sp³-hybridized carbons (Fsp3) is 0. The third-order valence-electron chi connectivity index (χ3n) is 9.66. The summed E-state index contributed by atoms with van der Waals surface area (Å²) in [6.07, 6.45) is 0. The van der Waals surface area contributed by atoms with Crippen molar-refractivity contribution < 1.29 is 0 Å². The molecule has 0 amide bonds. The van der Waals surface area contributed by atoms with E-state index in [0.717, 1.165) is 43.8 Å². The number of para-hydroxylation sites is 1. The van der Waals surface area contributed by atoms with Gasteiger partial charge in [0.05, 0.1) is 45.5 Å². The number of fused-ring (bicyclic) bond motifs is 3. The van der Waals surface area contributed by atoms with E-state index in [-0.39, 0.29) is 0 Å². The van der Waals surface area contributed by atoms with Crippen molar-refractivity contribution in [3.05, 3.63) is 187 Å². The van der Waals surface area contributed by atoms with E-state index in [0.29, 0.717) is 16.7 Å². The highest BCUT2D eigenvalue weighted by Crippen LogP contribution is 2.35. The van der Waals surface area contributed by atoms with E-state index in [1.165, 1.54) is 15.6 Å². The summed E-state index contributed by atoms with van der Waals surface area (Å²) in [5.74, 6) is 0. The molecule has 4 nitrogen and oxygen atoms in total. The first-order valence-corrected chi connectivity index (χ1v) is 18.4. The summed E-state index contributed by atoms with van der Waals surface area (Å²) in [6, 6.07) is 64.9. The van der Waals surface area contributed by atoms with E-state index in [4.69, 9.17) is 0 Å². The molecular formula is C45H28N4Si. The largest absolute Gasteiger partial charge is 0.308 e. The Balaban J connectivity index is 1.32. The number of aromatic nitrogens is 1. The predicted molar refractivity (Wildman–Crippen MR) is 204 cm³/mol. The van der Waals surface area contributed by atoms with Gasteiger partial charge in [0.15, 0.2) is 8.07 Å². The van der Waals surface area contributed by atoms with Crippen molar-refractivity contribution in [2.75, 3.05) is 0 Å². The number of rotatable bonds is 6. The first-order chi connectivity index (χ1) is 24.7. The molecule has 0 fully saturated rings. The predicted octanol–water partition coefficient (Wildman–Crippen LogP) is 7.44. The zero-order chi connectivity index (χ0) is 34.1. The highest BCUT2D eigenvalue weighted by Gasteiger charge is 2.41. The van der Waals surface area contributed by atoms with E-state index in [1.54, 1.807) is 0 Å². The van der Waals surface area contributed by atoms with Crippen LogP contribution in [0.1, 0.15) is 16.7 Å². The summed E-state index contributed by atoms with van der Waals surface area (Å²) in [5, 5.41) is 37.5. The Kier molecular flexibility index (Phi) is 7.63. The summed E-state index contributed by atoms with van der Waals surface area (Å²) < 4.78 is 2.09. The Morgan fingerprint density at radius 2 is 1.00 bits per heavy atom.